The van der Waals surface area contributed by atoms with Crippen LogP contribution in [0.15, 0.2) is 54.7 Å². The number of piperidine rings is 2. The van der Waals surface area contributed by atoms with Gasteiger partial charge in [-0.05, 0) is 43.9 Å². The highest BCUT2D eigenvalue weighted by Crippen LogP contribution is 2.44. The van der Waals surface area contributed by atoms with Gasteiger partial charge in [0.25, 0.3) is 0 Å². The van der Waals surface area contributed by atoms with Crippen molar-refractivity contribution in [3.8, 4) is 17.2 Å². The predicted molar refractivity (Wildman–Crippen MR) is 142 cm³/mol. The highest BCUT2D eigenvalue weighted by Gasteiger charge is 2.54. The molecule has 2 aliphatic heterocycles. The zero-order chi connectivity index (χ0) is 27.7. The quantitative estimate of drug-likeness (QED) is 0.465. The third-order valence-corrected chi connectivity index (χ3v) is 7.66. The first-order chi connectivity index (χ1) is 18.7. The van der Waals surface area contributed by atoms with Crippen LogP contribution in [-0.4, -0.2) is 66.2 Å². The number of anilines is 1. The van der Waals surface area contributed by atoms with E-state index in [0.717, 1.165) is 34.9 Å². The number of pyridine rings is 1. The molecule has 8 nitrogen and oxygen atoms in total. The van der Waals surface area contributed by atoms with Crippen LogP contribution < -0.4 is 10.6 Å². The van der Waals surface area contributed by atoms with Crippen molar-refractivity contribution in [2.75, 3.05) is 45.6 Å². The number of aromatic nitrogens is 1. The maximum atomic E-state index is 13.6. The van der Waals surface area contributed by atoms with Gasteiger partial charge in [0.2, 0.25) is 0 Å². The fourth-order valence-electron chi connectivity index (χ4n) is 5.89. The van der Waals surface area contributed by atoms with Crippen molar-refractivity contribution < 1.29 is 18.7 Å². The molecule has 202 valence electrons. The van der Waals surface area contributed by atoms with Gasteiger partial charge in [-0.25, -0.2) is 13.6 Å². The van der Waals surface area contributed by atoms with Crippen molar-refractivity contribution in [2.24, 2.45) is 11.8 Å². The van der Waals surface area contributed by atoms with E-state index in [1.165, 1.54) is 0 Å². The lowest BCUT2D eigenvalue weighted by atomic mass is 9.68. The van der Waals surface area contributed by atoms with E-state index < -0.39 is 23.3 Å². The Bertz CT molecular complexity index is 1390. The first-order valence-corrected chi connectivity index (χ1v) is 12.8. The van der Waals surface area contributed by atoms with Crippen molar-refractivity contribution in [2.45, 2.75) is 12.1 Å². The van der Waals surface area contributed by atoms with Crippen molar-refractivity contribution in [1.82, 2.24) is 20.1 Å². The Morgan fingerprint density at radius 1 is 1.10 bits per heavy atom. The molecule has 0 spiro atoms. The molecule has 39 heavy (non-hydrogen) atoms. The first kappa shape index (κ1) is 26.7. The lowest BCUT2D eigenvalue weighted by Crippen LogP contribution is -2.66. The number of nitrogens with one attached hydrogen (secondary N) is 2. The molecule has 3 atom stereocenters. The highest BCUT2D eigenvalue weighted by molar-refractivity contribution is 5.89. The minimum Gasteiger partial charge on any atom is -0.383 e. The number of urea groups is 1. The molecule has 2 amide bonds. The molecule has 0 radical (unpaired) electrons. The predicted octanol–water partition coefficient (Wildman–Crippen LogP) is 3.53. The van der Waals surface area contributed by atoms with E-state index in [-0.39, 0.29) is 30.6 Å². The number of nitrogens with zero attached hydrogens (tertiary/aromatic N) is 4. The molecular weight excluding hydrogens is 502 g/mol. The van der Waals surface area contributed by atoms with Gasteiger partial charge in [0.05, 0.1) is 17.3 Å². The van der Waals surface area contributed by atoms with Gasteiger partial charge in [0, 0.05) is 73.6 Å². The number of halogens is 2. The van der Waals surface area contributed by atoms with Crippen LogP contribution in [-0.2, 0) is 12.1 Å². The summed E-state index contributed by atoms with van der Waals surface area (Å²) in [6.07, 6.45) is 1.68. The molecule has 5 rings (SSSR count). The lowest BCUT2D eigenvalue weighted by Gasteiger charge is -2.54. The Balaban J connectivity index is 1.38. The summed E-state index contributed by atoms with van der Waals surface area (Å²) in [4.78, 5) is 21.4. The Morgan fingerprint density at radius 2 is 1.79 bits per heavy atom. The molecule has 3 aromatic rings. The van der Waals surface area contributed by atoms with Crippen molar-refractivity contribution in [1.29, 1.82) is 5.26 Å². The molecule has 1 unspecified atom stereocenters. The van der Waals surface area contributed by atoms with Gasteiger partial charge >= 0.3 is 6.03 Å². The number of carbonyl (C=O) groups is 1. The summed E-state index contributed by atoms with van der Waals surface area (Å²) in [6, 6.07) is 14.0. The Morgan fingerprint density at radius 3 is 2.38 bits per heavy atom. The number of rotatable bonds is 5. The maximum Gasteiger partial charge on any atom is 0.321 e. The molecule has 0 aliphatic carbocycles. The summed E-state index contributed by atoms with van der Waals surface area (Å²) < 4.78 is 27.2. The number of likely N-dealkylation sites (tertiary alicyclic amines) is 2. The third kappa shape index (κ3) is 5.21. The SMILES string of the molecule is CNCc1ccc(-c2ccc(C3(O)[C@@H]4CN(C)C[C@H]3CN(C(=O)Nc3cc(F)cc(F)c3)C4)nc2)c(C#N)c1. The normalized spacial score (nSPS) is 22.8. The number of amides is 2. The van der Waals surface area contributed by atoms with Crippen molar-refractivity contribution >= 4 is 11.7 Å². The smallest absolute Gasteiger partial charge is 0.321 e. The average Bonchev–Trinajstić information content (AvgIpc) is 2.89. The molecule has 10 heteroatoms. The van der Waals surface area contributed by atoms with E-state index >= 15 is 0 Å². The number of aliphatic hydroxyl groups is 1. The highest BCUT2D eigenvalue weighted by atomic mass is 19.1. The standard InChI is InChI=1S/C29H30F2N6O2/c1-33-12-18-3-5-26(20(7-18)11-32)19-4-6-27(34-13-19)29(39)21-14-36(2)15-22(29)17-37(16-21)28(38)35-25-9-23(30)8-24(31)10-25/h3-10,13,21-22,33,39H,12,14-17H2,1-2H3,(H,35,38)/t21-,22+,29?. The van der Waals surface area contributed by atoms with Crippen LogP contribution >= 0.6 is 0 Å². The fourth-order valence-corrected chi connectivity index (χ4v) is 5.89. The summed E-state index contributed by atoms with van der Waals surface area (Å²) in [5.74, 6) is -2.22. The molecular formula is C29H30F2N6O2. The molecule has 2 aromatic carbocycles. The van der Waals surface area contributed by atoms with Crippen LogP contribution in [0.1, 0.15) is 16.8 Å². The van der Waals surface area contributed by atoms with Crippen LogP contribution in [0.3, 0.4) is 0 Å². The summed E-state index contributed by atoms with van der Waals surface area (Å²) in [7, 11) is 3.82. The monoisotopic (exact) mass is 532 g/mol. The van der Waals surface area contributed by atoms with Gasteiger partial charge in [-0.1, -0.05) is 18.2 Å². The summed E-state index contributed by atoms with van der Waals surface area (Å²) in [5.41, 5.74) is 2.39. The van der Waals surface area contributed by atoms with Gasteiger partial charge in [0.15, 0.2) is 0 Å². The molecule has 3 heterocycles. The zero-order valence-corrected chi connectivity index (χ0v) is 21.8. The minimum absolute atomic E-state index is 0.0357. The second-order valence-electron chi connectivity index (χ2n) is 10.4. The Labute approximate surface area is 225 Å². The molecule has 0 saturated carbocycles. The number of hydrogen-bond acceptors (Lipinski definition) is 6. The van der Waals surface area contributed by atoms with Gasteiger partial charge in [0.1, 0.15) is 17.2 Å². The van der Waals surface area contributed by atoms with Crippen LogP contribution in [0.2, 0.25) is 0 Å². The minimum atomic E-state index is -1.26. The molecule has 3 N–H and O–H groups in total. The van der Waals surface area contributed by atoms with E-state index in [4.69, 9.17) is 0 Å². The molecule has 2 saturated heterocycles. The second kappa shape index (κ2) is 10.7. The maximum absolute atomic E-state index is 13.6. The topological polar surface area (TPSA) is 105 Å². The molecule has 2 fully saturated rings. The van der Waals surface area contributed by atoms with Gasteiger partial charge in [-0.2, -0.15) is 5.26 Å². The van der Waals surface area contributed by atoms with Crippen molar-refractivity contribution in [3.63, 3.8) is 0 Å². The second-order valence-corrected chi connectivity index (χ2v) is 10.4. The number of fused-ring (bicyclic) bond motifs is 2. The van der Waals surface area contributed by atoms with Crippen LogP contribution in [0.4, 0.5) is 19.3 Å². The zero-order valence-electron chi connectivity index (χ0n) is 21.8. The molecule has 2 bridgehead atoms. The summed E-state index contributed by atoms with van der Waals surface area (Å²) in [6.45, 7) is 2.23. The summed E-state index contributed by atoms with van der Waals surface area (Å²) in [5, 5.41) is 27.4. The van der Waals surface area contributed by atoms with Gasteiger partial charge < -0.3 is 25.5 Å². The summed E-state index contributed by atoms with van der Waals surface area (Å²) >= 11 is 0. The fraction of sp³-hybridized carbons (Fsp3) is 0.345. The first-order valence-electron chi connectivity index (χ1n) is 12.8. The number of carbonyl (C=O) groups excluding carboxylic acids is 1. The Hall–Kier alpha value is -3.91. The number of benzene rings is 2. The van der Waals surface area contributed by atoms with Gasteiger partial charge in [-0.15, -0.1) is 0 Å². The Kier molecular flexibility index (Phi) is 7.32. The van der Waals surface area contributed by atoms with Crippen LogP contribution in [0.5, 0.6) is 0 Å². The average molecular weight is 533 g/mol. The van der Waals surface area contributed by atoms with Crippen LogP contribution in [0, 0.1) is 34.8 Å². The molecule has 2 aliphatic rings. The number of hydrogen-bond donors (Lipinski definition) is 3. The van der Waals surface area contributed by atoms with E-state index in [1.807, 2.05) is 38.4 Å². The van der Waals surface area contributed by atoms with E-state index in [1.54, 1.807) is 17.2 Å². The van der Waals surface area contributed by atoms with Gasteiger partial charge in [-0.3, -0.25) is 4.98 Å². The largest absolute Gasteiger partial charge is 0.383 e. The lowest BCUT2D eigenvalue weighted by molar-refractivity contribution is -0.155. The van der Waals surface area contributed by atoms with E-state index in [2.05, 4.69) is 26.6 Å². The number of nitriles is 1. The van der Waals surface area contributed by atoms with E-state index in [9.17, 15) is 23.9 Å². The molecule has 1 aromatic heterocycles. The van der Waals surface area contributed by atoms with E-state index in [0.29, 0.717) is 30.9 Å². The van der Waals surface area contributed by atoms with Crippen molar-refractivity contribution in [3.05, 3.63) is 83.2 Å². The third-order valence-electron chi connectivity index (χ3n) is 7.66. The van der Waals surface area contributed by atoms with Crippen LogP contribution in [0.25, 0.3) is 11.1 Å².